The summed E-state index contributed by atoms with van der Waals surface area (Å²) < 4.78 is 16.8. The third-order valence-electron chi connectivity index (χ3n) is 4.46. The van der Waals surface area contributed by atoms with Crippen LogP contribution in [0, 0.1) is 0 Å². The number of carbonyl (C=O) groups is 1. The van der Waals surface area contributed by atoms with Crippen molar-refractivity contribution in [1.82, 2.24) is 0 Å². The average molecular weight is 385 g/mol. The van der Waals surface area contributed by atoms with Crippen LogP contribution in [-0.2, 0) is 27.3 Å². The zero-order chi connectivity index (χ0) is 20.0. The zero-order valence-corrected chi connectivity index (χ0v) is 17.1. The molecular formula is C24H32O4. The quantitative estimate of drug-likeness (QED) is 0.345. The summed E-state index contributed by atoms with van der Waals surface area (Å²) in [5.41, 5.74) is 2.16. The second-order valence-corrected chi connectivity index (χ2v) is 6.79. The molecule has 0 spiro atoms. The lowest BCUT2D eigenvalue weighted by Gasteiger charge is -2.17. The molecule has 0 N–H and O–H groups in total. The fourth-order valence-electron chi connectivity index (χ4n) is 2.88. The number of rotatable bonds is 13. The van der Waals surface area contributed by atoms with Crippen molar-refractivity contribution in [2.45, 2.75) is 58.7 Å². The van der Waals surface area contributed by atoms with Gasteiger partial charge in [-0.3, -0.25) is 0 Å². The largest absolute Gasteiger partial charge is 0.489 e. The third kappa shape index (κ3) is 8.13. The van der Waals surface area contributed by atoms with E-state index in [-0.39, 0.29) is 5.97 Å². The van der Waals surface area contributed by atoms with Crippen LogP contribution in [0.3, 0.4) is 0 Å². The molecule has 2 aromatic rings. The molecule has 0 fully saturated rings. The zero-order valence-electron chi connectivity index (χ0n) is 17.1. The Kier molecular flexibility index (Phi) is 10.2. The maximum absolute atomic E-state index is 12.2. The molecule has 4 nitrogen and oxygen atoms in total. The van der Waals surface area contributed by atoms with Gasteiger partial charge >= 0.3 is 5.97 Å². The Bertz CT molecular complexity index is 667. The summed E-state index contributed by atoms with van der Waals surface area (Å²) in [6.45, 7) is 5.47. The molecule has 1 atom stereocenters. The van der Waals surface area contributed by atoms with Crippen LogP contribution in [-0.4, -0.2) is 25.3 Å². The molecule has 0 saturated heterocycles. The number of benzene rings is 2. The average Bonchev–Trinajstić information content (AvgIpc) is 2.73. The minimum atomic E-state index is -0.558. The Hall–Kier alpha value is -2.33. The van der Waals surface area contributed by atoms with Crippen molar-refractivity contribution in [3.05, 3.63) is 65.7 Å². The minimum Gasteiger partial charge on any atom is -0.489 e. The van der Waals surface area contributed by atoms with Crippen molar-refractivity contribution in [2.24, 2.45) is 0 Å². The van der Waals surface area contributed by atoms with Crippen LogP contribution in [0.25, 0.3) is 0 Å². The molecule has 0 amide bonds. The number of esters is 1. The lowest BCUT2D eigenvalue weighted by atomic mass is 10.1. The monoisotopic (exact) mass is 384 g/mol. The maximum Gasteiger partial charge on any atom is 0.335 e. The van der Waals surface area contributed by atoms with Gasteiger partial charge in [-0.05, 0) is 36.6 Å². The molecule has 0 saturated carbocycles. The van der Waals surface area contributed by atoms with E-state index in [1.54, 1.807) is 0 Å². The summed E-state index contributed by atoms with van der Waals surface area (Å²) in [7, 11) is 0. The van der Waals surface area contributed by atoms with E-state index in [1.807, 2.05) is 61.5 Å². The van der Waals surface area contributed by atoms with Gasteiger partial charge in [0.05, 0.1) is 6.61 Å². The van der Waals surface area contributed by atoms with E-state index >= 15 is 0 Å². The van der Waals surface area contributed by atoms with Gasteiger partial charge in [-0.15, -0.1) is 0 Å². The fourth-order valence-corrected chi connectivity index (χ4v) is 2.88. The van der Waals surface area contributed by atoms with Crippen LogP contribution in [0.5, 0.6) is 5.75 Å². The highest BCUT2D eigenvalue weighted by Crippen LogP contribution is 2.17. The molecule has 2 rings (SSSR count). The molecule has 0 radical (unpaired) electrons. The maximum atomic E-state index is 12.2. The molecule has 152 valence electrons. The van der Waals surface area contributed by atoms with Gasteiger partial charge in [0.1, 0.15) is 12.4 Å². The fraction of sp³-hybridized carbons (Fsp3) is 0.458. The van der Waals surface area contributed by atoms with Crippen molar-refractivity contribution in [2.75, 3.05) is 13.2 Å². The van der Waals surface area contributed by atoms with Gasteiger partial charge in [-0.2, -0.15) is 0 Å². The highest BCUT2D eigenvalue weighted by atomic mass is 16.6. The van der Waals surface area contributed by atoms with Gasteiger partial charge in [-0.25, -0.2) is 4.79 Å². The van der Waals surface area contributed by atoms with Crippen LogP contribution in [0.4, 0.5) is 0 Å². The first kappa shape index (κ1) is 22.0. The number of carbonyl (C=O) groups excluding carboxylic acids is 1. The molecule has 0 aliphatic rings. The van der Waals surface area contributed by atoms with Crippen LogP contribution in [0.1, 0.15) is 50.7 Å². The Morgan fingerprint density at radius 3 is 2.32 bits per heavy atom. The van der Waals surface area contributed by atoms with Gasteiger partial charge in [0, 0.05) is 13.0 Å². The molecule has 0 aliphatic carbocycles. The van der Waals surface area contributed by atoms with Crippen molar-refractivity contribution < 1.29 is 19.0 Å². The van der Waals surface area contributed by atoms with Crippen LogP contribution < -0.4 is 4.74 Å². The molecule has 4 heteroatoms. The third-order valence-corrected chi connectivity index (χ3v) is 4.46. The molecule has 0 bridgehead atoms. The van der Waals surface area contributed by atoms with Crippen molar-refractivity contribution in [3.8, 4) is 5.75 Å². The Labute approximate surface area is 168 Å². The Morgan fingerprint density at radius 1 is 0.893 bits per heavy atom. The molecular weight excluding hydrogens is 352 g/mol. The van der Waals surface area contributed by atoms with E-state index in [0.717, 1.165) is 29.7 Å². The van der Waals surface area contributed by atoms with Crippen molar-refractivity contribution in [3.63, 3.8) is 0 Å². The van der Waals surface area contributed by atoms with E-state index in [9.17, 15) is 4.79 Å². The number of hydrogen-bond donors (Lipinski definition) is 0. The summed E-state index contributed by atoms with van der Waals surface area (Å²) >= 11 is 0. The van der Waals surface area contributed by atoms with Crippen molar-refractivity contribution >= 4 is 5.97 Å². The smallest absolute Gasteiger partial charge is 0.335 e. The number of hydrogen-bond acceptors (Lipinski definition) is 4. The molecule has 28 heavy (non-hydrogen) atoms. The van der Waals surface area contributed by atoms with Crippen LogP contribution in [0.15, 0.2) is 54.6 Å². The molecule has 1 unspecified atom stereocenters. The second-order valence-electron chi connectivity index (χ2n) is 6.79. The van der Waals surface area contributed by atoms with Gasteiger partial charge in [-0.1, -0.05) is 68.7 Å². The van der Waals surface area contributed by atoms with E-state index in [0.29, 0.717) is 26.2 Å². The van der Waals surface area contributed by atoms with E-state index in [1.165, 1.54) is 12.8 Å². The van der Waals surface area contributed by atoms with Gasteiger partial charge in [0.15, 0.2) is 6.10 Å². The predicted octanol–water partition coefficient (Wildman–Crippen LogP) is 5.34. The van der Waals surface area contributed by atoms with Crippen LogP contribution >= 0.6 is 0 Å². The SMILES string of the molecule is CCCCCCOC(Cc1ccc(OCc2ccccc2)cc1)C(=O)OCC. The van der Waals surface area contributed by atoms with E-state index in [2.05, 4.69) is 6.92 Å². The number of ether oxygens (including phenoxy) is 3. The molecule has 2 aromatic carbocycles. The standard InChI is InChI=1S/C24H32O4/c1-3-5-6-10-17-27-23(24(25)26-4-2)18-20-13-15-22(16-14-20)28-19-21-11-8-7-9-12-21/h7-9,11-16,23H,3-6,10,17-19H2,1-2H3. The second kappa shape index (κ2) is 12.9. The summed E-state index contributed by atoms with van der Waals surface area (Å²) in [6, 6.07) is 17.9. The highest BCUT2D eigenvalue weighted by Gasteiger charge is 2.21. The van der Waals surface area contributed by atoms with E-state index < -0.39 is 6.10 Å². The lowest BCUT2D eigenvalue weighted by Crippen LogP contribution is -2.29. The van der Waals surface area contributed by atoms with Gasteiger partial charge in [0.25, 0.3) is 0 Å². The lowest BCUT2D eigenvalue weighted by molar-refractivity contribution is -0.156. The topological polar surface area (TPSA) is 44.8 Å². The van der Waals surface area contributed by atoms with Gasteiger partial charge in [0.2, 0.25) is 0 Å². The van der Waals surface area contributed by atoms with Crippen molar-refractivity contribution in [1.29, 1.82) is 0 Å². The summed E-state index contributed by atoms with van der Waals surface area (Å²) in [6.07, 6.45) is 4.41. The predicted molar refractivity (Wildman–Crippen MR) is 111 cm³/mol. The molecule has 0 aromatic heterocycles. The highest BCUT2D eigenvalue weighted by molar-refractivity contribution is 5.75. The van der Waals surface area contributed by atoms with Gasteiger partial charge < -0.3 is 14.2 Å². The first-order valence-electron chi connectivity index (χ1n) is 10.3. The summed E-state index contributed by atoms with van der Waals surface area (Å²) in [4.78, 5) is 12.2. The number of unbranched alkanes of at least 4 members (excludes halogenated alkanes) is 3. The Morgan fingerprint density at radius 2 is 1.64 bits per heavy atom. The van der Waals surface area contributed by atoms with E-state index in [4.69, 9.17) is 14.2 Å². The Balaban J connectivity index is 1.86. The summed E-state index contributed by atoms with van der Waals surface area (Å²) in [5.74, 6) is 0.517. The minimum absolute atomic E-state index is 0.289. The first-order valence-corrected chi connectivity index (χ1v) is 10.3. The first-order chi connectivity index (χ1) is 13.7. The summed E-state index contributed by atoms with van der Waals surface area (Å²) in [5, 5.41) is 0. The molecule has 0 aliphatic heterocycles. The van der Waals surface area contributed by atoms with Crippen LogP contribution in [0.2, 0.25) is 0 Å². The normalized spacial score (nSPS) is 11.8. The molecule has 0 heterocycles.